The number of pyridine rings is 8. The van der Waals surface area contributed by atoms with Crippen molar-refractivity contribution in [1.29, 1.82) is 0 Å². The molecule has 16 rings (SSSR count). The van der Waals surface area contributed by atoms with E-state index >= 15 is 0 Å². The number of hydrogen-bond donors (Lipinski definition) is 0. The summed E-state index contributed by atoms with van der Waals surface area (Å²) in [6.07, 6.45) is -0.0760. The van der Waals surface area contributed by atoms with Crippen molar-refractivity contribution in [3.8, 4) is 45.0 Å². The third-order valence-corrected chi connectivity index (χ3v) is 20.8. The fraction of sp³-hybridized carbons (Fsp3) is 0.333. The third kappa shape index (κ3) is 14.1. The molecular weight excluding hydrogens is 1330 g/mol. The van der Waals surface area contributed by atoms with Gasteiger partial charge in [0.2, 0.25) is 45.6 Å². The van der Waals surface area contributed by atoms with Crippen LogP contribution in [0.3, 0.4) is 0 Å². The quantitative estimate of drug-likeness (QED) is 0.111. The average Bonchev–Trinajstić information content (AvgIpc) is 1.41. The lowest BCUT2D eigenvalue weighted by molar-refractivity contribution is -0.661. The van der Waals surface area contributed by atoms with E-state index in [0.717, 1.165) is 155 Å². The largest absolute Gasteiger partial charge is 0.437 e. The van der Waals surface area contributed by atoms with E-state index in [1.165, 1.54) is 20.0 Å². The molecule has 0 fully saturated rings. The maximum atomic E-state index is 8.66. The molecule has 16 aromatic rings. The summed E-state index contributed by atoms with van der Waals surface area (Å²) in [5.74, 6) is -2.92. The smallest absolute Gasteiger partial charge is 0.227 e. The van der Waals surface area contributed by atoms with Gasteiger partial charge in [-0.3, -0.25) is 0 Å². The van der Waals surface area contributed by atoms with Gasteiger partial charge in [-0.1, -0.05) is 132 Å². The summed E-state index contributed by atoms with van der Waals surface area (Å²) in [5, 5.41) is 7.82. The zero-order chi connectivity index (χ0) is 89.6. The number of nitrogens with zero attached hydrogens (tertiary/aromatic N) is 8. The van der Waals surface area contributed by atoms with Gasteiger partial charge in [-0.15, -0.1) is 0 Å². The van der Waals surface area contributed by atoms with E-state index < -0.39 is 50.0 Å². The van der Waals surface area contributed by atoms with E-state index in [-0.39, 0.29) is 11.5 Å². The molecule has 0 bridgehead atoms. The van der Waals surface area contributed by atoms with Crippen molar-refractivity contribution in [1.82, 2.24) is 19.9 Å². The van der Waals surface area contributed by atoms with Crippen LogP contribution in [0.5, 0.6) is 0 Å². The molecule has 0 spiro atoms. The van der Waals surface area contributed by atoms with Crippen molar-refractivity contribution in [3.05, 3.63) is 236 Å². The lowest BCUT2D eigenvalue weighted by Gasteiger charge is -2.13. The van der Waals surface area contributed by atoms with E-state index in [9.17, 15) is 0 Å². The lowest BCUT2D eigenvalue weighted by atomic mass is 9.93. The fourth-order valence-corrected chi connectivity index (χ4v) is 15.0. The van der Waals surface area contributed by atoms with Crippen LogP contribution >= 0.6 is 0 Å². The molecule has 0 radical (unpaired) electrons. The van der Waals surface area contributed by atoms with Crippen molar-refractivity contribution in [2.24, 2.45) is 28.2 Å². The molecule has 0 aliphatic carbocycles. The number of rotatable bonds is 12. The SMILES string of the molecule is [2H]C(C)(C)c1cc(-c2c(C)ccc3c2oc2nc(C)ccc23)[n+](C)cc1C([2H])([2H])C([2H])([2H])[2H].[2H]C([2H])(C)c1c[n+](C)c(-c2c(C)ccc3c2oc2nc(C)ccc23)cc1C(C)C.[2H]C([2H])(C)c1c[n+](C)c(-c2c(C)ccc3c2oc2nc(C)ccc23)cc1C([2H])(C)C.[2H]C([2H])(C)c1c[n+](C)c(-c2c(C)ccc3c2oc2nc(C)ccc23)cc1C([2H])(C)C. The number of aromatic nitrogens is 8. The van der Waals surface area contributed by atoms with Crippen molar-refractivity contribution in [2.75, 3.05) is 0 Å². The molecule has 0 saturated heterocycles. The molecule has 0 saturated carbocycles. The highest BCUT2D eigenvalue weighted by molar-refractivity contribution is 6.12. The van der Waals surface area contributed by atoms with Crippen molar-refractivity contribution in [2.45, 2.75) is 187 Å². The highest BCUT2D eigenvalue weighted by Crippen LogP contribution is 2.43. The molecule has 12 aromatic heterocycles. The van der Waals surface area contributed by atoms with Gasteiger partial charge in [0.15, 0.2) is 47.1 Å². The molecule has 0 unspecified atom stereocenters. The minimum atomic E-state index is -2.88. The van der Waals surface area contributed by atoms with E-state index in [2.05, 4.69) is 89.2 Å². The average molecular weight is 1450 g/mol. The summed E-state index contributed by atoms with van der Waals surface area (Å²) in [5.41, 5.74) is 24.8. The molecule has 552 valence electrons. The van der Waals surface area contributed by atoms with Crippen LogP contribution in [0.4, 0.5) is 0 Å². The highest BCUT2D eigenvalue weighted by atomic mass is 16.4. The van der Waals surface area contributed by atoms with Crippen LogP contribution in [0.25, 0.3) is 133 Å². The van der Waals surface area contributed by atoms with Crippen LogP contribution < -0.4 is 18.3 Å². The molecule has 0 atom stereocenters. The summed E-state index contributed by atoms with van der Waals surface area (Å²) in [6.45, 7) is 32.4. The maximum Gasteiger partial charge on any atom is 0.227 e. The molecule has 108 heavy (non-hydrogen) atoms. The summed E-state index contributed by atoms with van der Waals surface area (Å²) < 4.78 is 148. The Morgan fingerprint density at radius 2 is 0.546 bits per heavy atom. The third-order valence-electron chi connectivity index (χ3n) is 20.8. The minimum Gasteiger partial charge on any atom is -0.437 e. The first-order valence-corrected chi connectivity index (χ1v) is 36.8. The van der Waals surface area contributed by atoms with Gasteiger partial charge < -0.3 is 17.7 Å². The van der Waals surface area contributed by atoms with Gasteiger partial charge in [0, 0.05) is 132 Å². The molecule has 4 aromatic carbocycles. The second kappa shape index (κ2) is 30.5. The van der Waals surface area contributed by atoms with E-state index in [1.54, 1.807) is 66.1 Å². The lowest BCUT2D eigenvalue weighted by Crippen LogP contribution is -2.32. The van der Waals surface area contributed by atoms with Crippen LogP contribution in [0, 0.1) is 55.4 Å². The van der Waals surface area contributed by atoms with Gasteiger partial charge in [-0.25, -0.2) is 38.2 Å². The van der Waals surface area contributed by atoms with Crippen LogP contribution in [0.2, 0.25) is 0 Å². The Morgan fingerprint density at radius 3 is 0.769 bits per heavy atom. The molecule has 12 nitrogen and oxygen atoms in total. The predicted octanol–water partition coefficient (Wildman–Crippen LogP) is 23.1. The molecular formula is C96H108N8O4+4. The number of furan rings is 4. The summed E-state index contributed by atoms with van der Waals surface area (Å²) in [7, 11) is 7.54. The molecule has 0 N–H and O–H groups in total. The zero-order valence-electron chi connectivity index (χ0n) is 80.6. The predicted molar refractivity (Wildman–Crippen MR) is 444 cm³/mol. The highest BCUT2D eigenvalue weighted by Gasteiger charge is 2.29. The standard InChI is InChI=1S/4C24H27N2O/c4*1-7-17-13-26(6)21(12-20(17)14(2)3)22-15(4)8-10-18-19-11-9-16(5)25-24(19)27-23(18)22/h4*8-14H,7H2,1-6H3/q4*+1/i1D3,7D2,14D;2*7D2,14D;7D2. The van der Waals surface area contributed by atoms with Gasteiger partial charge >= 0.3 is 0 Å². The van der Waals surface area contributed by atoms with Crippen LogP contribution in [-0.2, 0) is 53.7 Å². The first-order chi connectivity index (χ1) is 56.4. The van der Waals surface area contributed by atoms with Crippen LogP contribution in [0.15, 0.2) is 164 Å². The Bertz CT molecular complexity index is 6670. The van der Waals surface area contributed by atoms with Crippen molar-refractivity contribution >= 4 is 88.3 Å². The Balaban J connectivity index is 0.000000140. The summed E-state index contributed by atoms with van der Waals surface area (Å²) in [4.78, 5) is 18.2. The van der Waals surface area contributed by atoms with Gasteiger partial charge in [0.05, 0.1) is 22.3 Å². The molecule has 0 aliphatic heterocycles. The first kappa shape index (κ1) is 59.3. The summed E-state index contributed by atoms with van der Waals surface area (Å²) in [6, 6.07) is 40.2. The van der Waals surface area contributed by atoms with Gasteiger partial charge in [0.25, 0.3) is 0 Å². The first-order valence-electron chi connectivity index (χ1n) is 43.8. The van der Waals surface area contributed by atoms with Gasteiger partial charge in [-0.2, -0.15) is 0 Å². The number of aryl methyl sites for hydroxylation is 16. The zero-order valence-corrected chi connectivity index (χ0v) is 66.6. The Hall–Kier alpha value is -10.7. The molecule has 0 aliphatic rings. The monoisotopic (exact) mass is 1450 g/mol. The Morgan fingerprint density at radius 1 is 0.324 bits per heavy atom. The number of fused-ring (bicyclic) bond motifs is 12. The van der Waals surface area contributed by atoms with Crippen molar-refractivity contribution in [3.63, 3.8) is 0 Å². The van der Waals surface area contributed by atoms with E-state index in [4.69, 9.17) is 36.9 Å². The topological polar surface area (TPSA) is 120 Å². The Kier molecular flexibility index (Phi) is 16.8. The number of benzene rings is 4. The second-order valence-electron chi connectivity index (χ2n) is 29.6. The van der Waals surface area contributed by atoms with E-state index in [0.29, 0.717) is 61.9 Å². The summed E-state index contributed by atoms with van der Waals surface area (Å²) >= 11 is 0. The van der Waals surface area contributed by atoms with Crippen LogP contribution in [0.1, 0.15) is 215 Å². The number of hydrogen-bond acceptors (Lipinski definition) is 8. The van der Waals surface area contributed by atoms with Gasteiger partial charge in [-0.05, 0) is 198 Å². The van der Waals surface area contributed by atoms with E-state index in [1.807, 2.05) is 169 Å². The maximum absolute atomic E-state index is 8.66. The molecule has 0 amide bonds. The molecule has 12 heterocycles. The van der Waals surface area contributed by atoms with Crippen molar-refractivity contribution < 1.29 is 55.1 Å². The minimum absolute atomic E-state index is 0.0134. The Labute approximate surface area is 656 Å². The fourth-order valence-electron chi connectivity index (χ4n) is 15.0. The van der Waals surface area contributed by atoms with Gasteiger partial charge in [0.1, 0.15) is 28.2 Å². The molecule has 12 heteroatoms. The van der Waals surface area contributed by atoms with Crippen LogP contribution in [-0.4, -0.2) is 19.9 Å². The normalized spacial score (nSPS) is 14.7. The second-order valence-corrected chi connectivity index (χ2v) is 29.6.